The van der Waals surface area contributed by atoms with Crippen molar-refractivity contribution in [2.45, 2.75) is 12.5 Å². The summed E-state index contributed by atoms with van der Waals surface area (Å²) in [5, 5.41) is 14.0. The third kappa shape index (κ3) is 2.68. The predicted molar refractivity (Wildman–Crippen MR) is 105 cm³/mol. The van der Waals surface area contributed by atoms with Crippen molar-refractivity contribution < 1.29 is 14.8 Å². The Bertz CT molecular complexity index is 1350. The standard InChI is InChI=1S/C21H17FN4O3/c22-11-5-7-12(8-6-11)26-20(28)16(19(27)25-21(26)29)18-17-14(9-10-23-18)13-3-1-2-4-15(13)24-17/h1-8,18,23-24,28H,9-10H2,(H,25,27,29)/p+1/t18-/m1/s1. The Balaban J connectivity index is 1.74. The van der Waals surface area contributed by atoms with Gasteiger partial charge >= 0.3 is 5.69 Å². The molecule has 0 fully saturated rings. The van der Waals surface area contributed by atoms with Gasteiger partial charge in [-0.25, -0.2) is 13.8 Å². The molecule has 2 aromatic carbocycles. The largest absolute Gasteiger partial charge is 0.494 e. The van der Waals surface area contributed by atoms with Crippen LogP contribution in [0, 0.1) is 5.82 Å². The molecule has 0 saturated carbocycles. The Kier molecular flexibility index (Phi) is 3.88. The van der Waals surface area contributed by atoms with Crippen LogP contribution in [-0.2, 0) is 6.42 Å². The predicted octanol–water partition coefficient (Wildman–Crippen LogP) is 1.06. The Labute approximate surface area is 163 Å². The van der Waals surface area contributed by atoms with Gasteiger partial charge in [-0.2, -0.15) is 0 Å². The van der Waals surface area contributed by atoms with Crippen molar-refractivity contribution >= 4 is 10.9 Å². The fourth-order valence-corrected chi connectivity index (χ4v) is 4.18. The van der Waals surface area contributed by atoms with Crippen LogP contribution in [0.5, 0.6) is 5.88 Å². The zero-order valence-corrected chi connectivity index (χ0v) is 15.3. The van der Waals surface area contributed by atoms with Gasteiger partial charge in [0, 0.05) is 17.3 Å². The van der Waals surface area contributed by atoms with E-state index in [1.54, 1.807) is 0 Å². The first-order valence-corrected chi connectivity index (χ1v) is 9.31. The summed E-state index contributed by atoms with van der Waals surface area (Å²) >= 11 is 0. The highest BCUT2D eigenvalue weighted by Crippen LogP contribution is 2.32. The first-order valence-electron chi connectivity index (χ1n) is 9.31. The number of benzene rings is 2. The number of fused-ring (bicyclic) bond motifs is 3. The van der Waals surface area contributed by atoms with Gasteiger partial charge in [-0.15, -0.1) is 0 Å². The molecule has 7 nitrogen and oxygen atoms in total. The van der Waals surface area contributed by atoms with Crippen molar-refractivity contribution in [1.29, 1.82) is 0 Å². The molecule has 5 rings (SSSR count). The number of para-hydroxylation sites is 1. The number of rotatable bonds is 2. The van der Waals surface area contributed by atoms with Gasteiger partial charge < -0.3 is 15.4 Å². The highest BCUT2D eigenvalue weighted by atomic mass is 19.1. The van der Waals surface area contributed by atoms with Crippen LogP contribution in [0.4, 0.5) is 4.39 Å². The van der Waals surface area contributed by atoms with Gasteiger partial charge in [0.2, 0.25) is 5.88 Å². The van der Waals surface area contributed by atoms with E-state index in [9.17, 15) is 19.1 Å². The van der Waals surface area contributed by atoms with Crippen molar-refractivity contribution in [3.63, 3.8) is 0 Å². The second-order valence-electron chi connectivity index (χ2n) is 7.12. The molecule has 0 spiro atoms. The third-order valence-corrected chi connectivity index (χ3v) is 5.47. The molecule has 0 radical (unpaired) electrons. The fraction of sp³-hybridized carbons (Fsp3) is 0.143. The molecule has 8 heteroatoms. The van der Waals surface area contributed by atoms with E-state index in [1.807, 2.05) is 29.6 Å². The lowest BCUT2D eigenvalue weighted by molar-refractivity contribution is -0.690. The summed E-state index contributed by atoms with van der Waals surface area (Å²) in [5.41, 5.74) is 1.82. The lowest BCUT2D eigenvalue weighted by Gasteiger charge is -2.22. The summed E-state index contributed by atoms with van der Waals surface area (Å²) in [6, 6.07) is 12.5. The number of quaternary nitrogens is 1. The van der Waals surface area contributed by atoms with E-state index in [-0.39, 0.29) is 11.3 Å². The molecule has 1 atom stereocenters. The number of aromatic hydroxyl groups is 1. The van der Waals surface area contributed by atoms with Crippen LogP contribution in [0.15, 0.2) is 58.1 Å². The SMILES string of the molecule is O=c1[nH]c(=O)n(-c2ccc(F)cc2)c(O)c1[C@H]1[NH2+]CCc2c1[nH]c1ccccc21. The van der Waals surface area contributed by atoms with Gasteiger partial charge in [0.05, 0.1) is 17.9 Å². The normalized spacial score (nSPS) is 16.1. The van der Waals surface area contributed by atoms with E-state index >= 15 is 0 Å². The molecule has 3 heterocycles. The summed E-state index contributed by atoms with van der Waals surface area (Å²) in [6.45, 7) is 0.730. The number of nitrogens with zero attached hydrogens (tertiary/aromatic N) is 1. The maximum atomic E-state index is 13.3. The van der Waals surface area contributed by atoms with Crippen LogP contribution >= 0.6 is 0 Å². The summed E-state index contributed by atoms with van der Waals surface area (Å²) in [7, 11) is 0. The third-order valence-electron chi connectivity index (χ3n) is 5.47. The van der Waals surface area contributed by atoms with Crippen molar-refractivity contribution in [2.75, 3.05) is 6.54 Å². The van der Waals surface area contributed by atoms with E-state index < -0.39 is 29.0 Å². The number of nitrogens with one attached hydrogen (secondary N) is 2. The van der Waals surface area contributed by atoms with Crippen LogP contribution in [0.25, 0.3) is 16.6 Å². The molecule has 0 aliphatic carbocycles. The van der Waals surface area contributed by atoms with E-state index in [0.29, 0.717) is 0 Å². The minimum Gasteiger partial charge on any atom is -0.494 e. The molecule has 29 heavy (non-hydrogen) atoms. The van der Waals surface area contributed by atoms with Crippen LogP contribution in [-0.4, -0.2) is 26.2 Å². The highest BCUT2D eigenvalue weighted by Gasteiger charge is 2.34. The lowest BCUT2D eigenvalue weighted by Crippen LogP contribution is -2.87. The molecule has 4 aromatic rings. The summed E-state index contributed by atoms with van der Waals surface area (Å²) in [5.74, 6) is -0.910. The quantitative estimate of drug-likeness (QED) is 0.409. The van der Waals surface area contributed by atoms with Crippen LogP contribution in [0.1, 0.15) is 22.9 Å². The summed E-state index contributed by atoms with van der Waals surface area (Å²) in [4.78, 5) is 30.8. The van der Waals surface area contributed by atoms with Gasteiger partial charge in [0.25, 0.3) is 5.56 Å². The number of hydrogen-bond donors (Lipinski definition) is 4. The highest BCUT2D eigenvalue weighted by molar-refractivity contribution is 5.85. The van der Waals surface area contributed by atoms with Crippen molar-refractivity contribution in [3.8, 4) is 11.6 Å². The first-order chi connectivity index (χ1) is 14.0. The Morgan fingerprint density at radius 1 is 1.07 bits per heavy atom. The molecule has 1 aliphatic rings. The van der Waals surface area contributed by atoms with Crippen molar-refractivity contribution in [3.05, 3.63) is 92.0 Å². The van der Waals surface area contributed by atoms with Gasteiger partial charge in [-0.1, -0.05) is 18.2 Å². The number of hydrogen-bond acceptors (Lipinski definition) is 3. The van der Waals surface area contributed by atoms with E-state index in [1.165, 1.54) is 24.3 Å². The molecule has 1 aliphatic heterocycles. The second kappa shape index (κ2) is 6.46. The lowest BCUT2D eigenvalue weighted by atomic mass is 9.95. The average Bonchev–Trinajstić information content (AvgIpc) is 3.09. The number of H-pyrrole nitrogens is 2. The number of aromatic amines is 2. The van der Waals surface area contributed by atoms with Gasteiger partial charge in [-0.3, -0.25) is 9.78 Å². The van der Waals surface area contributed by atoms with Gasteiger partial charge in [0.15, 0.2) is 6.04 Å². The van der Waals surface area contributed by atoms with E-state index in [2.05, 4.69) is 9.97 Å². The first kappa shape index (κ1) is 17.4. The number of halogens is 1. The van der Waals surface area contributed by atoms with E-state index in [0.717, 1.165) is 39.7 Å². The maximum absolute atomic E-state index is 13.3. The second-order valence-corrected chi connectivity index (χ2v) is 7.12. The molecule has 2 aromatic heterocycles. The van der Waals surface area contributed by atoms with Gasteiger partial charge in [0.1, 0.15) is 11.4 Å². The Hall–Kier alpha value is -3.65. The average molecular weight is 393 g/mol. The molecule has 0 saturated heterocycles. The molecule has 5 N–H and O–H groups in total. The molecule has 0 bridgehead atoms. The fourth-order valence-electron chi connectivity index (χ4n) is 4.18. The van der Waals surface area contributed by atoms with E-state index in [4.69, 9.17) is 0 Å². The number of aromatic nitrogens is 3. The Morgan fingerprint density at radius 2 is 1.83 bits per heavy atom. The van der Waals surface area contributed by atoms with Gasteiger partial charge in [-0.05, 0) is 35.9 Å². The minimum absolute atomic E-state index is 0.0847. The molecule has 0 unspecified atom stereocenters. The summed E-state index contributed by atoms with van der Waals surface area (Å²) < 4.78 is 14.3. The maximum Gasteiger partial charge on any atom is 0.335 e. The Morgan fingerprint density at radius 3 is 2.62 bits per heavy atom. The molecular formula is C21H18FN4O3+. The zero-order valence-electron chi connectivity index (χ0n) is 15.3. The summed E-state index contributed by atoms with van der Waals surface area (Å²) in [6.07, 6.45) is 0.826. The van der Waals surface area contributed by atoms with Crippen molar-refractivity contribution in [1.82, 2.24) is 14.5 Å². The number of nitrogens with two attached hydrogens (primary N) is 1. The van der Waals surface area contributed by atoms with Crippen LogP contribution < -0.4 is 16.6 Å². The molecule has 0 amide bonds. The van der Waals surface area contributed by atoms with Crippen molar-refractivity contribution in [2.24, 2.45) is 0 Å². The zero-order chi connectivity index (χ0) is 20.1. The molecule has 146 valence electrons. The van der Waals surface area contributed by atoms with Crippen LogP contribution in [0.3, 0.4) is 0 Å². The van der Waals surface area contributed by atoms with Crippen LogP contribution in [0.2, 0.25) is 0 Å². The molecular weight excluding hydrogens is 375 g/mol. The monoisotopic (exact) mass is 393 g/mol. The topological polar surface area (TPSA) is 107 Å². The smallest absolute Gasteiger partial charge is 0.335 e. The minimum atomic E-state index is -0.782.